The van der Waals surface area contributed by atoms with Gasteiger partial charge in [0.2, 0.25) is 0 Å². The van der Waals surface area contributed by atoms with Gasteiger partial charge in [-0.3, -0.25) is 10.1 Å². The Balaban J connectivity index is 2.24. The van der Waals surface area contributed by atoms with Crippen LogP contribution in [0.3, 0.4) is 0 Å². The van der Waals surface area contributed by atoms with E-state index in [0.29, 0.717) is 5.69 Å². The van der Waals surface area contributed by atoms with E-state index in [0.717, 1.165) is 6.08 Å². The van der Waals surface area contributed by atoms with Gasteiger partial charge in [-0.2, -0.15) is 18.4 Å². The Kier molecular flexibility index (Phi) is 3.84. The van der Waals surface area contributed by atoms with Crippen molar-refractivity contribution in [2.45, 2.75) is 12.6 Å². The second-order valence-corrected chi connectivity index (χ2v) is 4.49. The molecule has 1 aliphatic rings. The third-order valence-corrected chi connectivity index (χ3v) is 3.24. The molecule has 0 aliphatic carbocycles. The van der Waals surface area contributed by atoms with Gasteiger partial charge in [0.25, 0.3) is 5.69 Å². The molecule has 0 amide bonds. The first kappa shape index (κ1) is 14.8. The highest BCUT2D eigenvalue weighted by atomic mass is 19.4. The van der Waals surface area contributed by atoms with Gasteiger partial charge in [0.05, 0.1) is 4.92 Å². The maximum absolute atomic E-state index is 12.5. The standard InChI is InChI=1S/C13H10F3N3O2/c14-13(15,16)10-3-5-18(6-4-10)11-1-2-12(19(20)21)9(7-11)8-17/h1-3,7H,4-6H2. The zero-order chi connectivity index (χ0) is 15.6. The smallest absolute Gasteiger partial charge is 0.367 e. The SMILES string of the molecule is N#Cc1cc(N2CC=C(C(F)(F)F)CC2)ccc1[N+](=O)[O-]. The molecule has 1 aromatic rings. The summed E-state index contributed by atoms with van der Waals surface area (Å²) < 4.78 is 37.6. The fourth-order valence-corrected chi connectivity index (χ4v) is 2.13. The van der Waals surface area contributed by atoms with E-state index in [-0.39, 0.29) is 30.8 Å². The average molecular weight is 297 g/mol. The lowest BCUT2D eigenvalue weighted by atomic mass is 10.1. The normalized spacial score (nSPS) is 15.3. The lowest BCUT2D eigenvalue weighted by Gasteiger charge is -2.29. The van der Waals surface area contributed by atoms with E-state index in [1.54, 1.807) is 11.0 Å². The zero-order valence-corrected chi connectivity index (χ0v) is 10.7. The molecule has 0 unspecified atom stereocenters. The number of halogens is 3. The van der Waals surface area contributed by atoms with E-state index >= 15 is 0 Å². The number of alkyl halides is 3. The summed E-state index contributed by atoms with van der Waals surface area (Å²) in [6.07, 6.45) is -3.38. The maximum atomic E-state index is 12.5. The molecule has 0 radical (unpaired) electrons. The van der Waals surface area contributed by atoms with E-state index < -0.39 is 16.7 Å². The number of nitriles is 1. The number of benzene rings is 1. The molecule has 110 valence electrons. The first-order valence-electron chi connectivity index (χ1n) is 6.02. The number of rotatable bonds is 2. The van der Waals surface area contributed by atoms with Crippen LogP contribution in [0.5, 0.6) is 0 Å². The molecular weight excluding hydrogens is 287 g/mol. The summed E-state index contributed by atoms with van der Waals surface area (Å²) in [5.41, 5.74) is -0.497. The minimum absolute atomic E-state index is 0.0531. The van der Waals surface area contributed by atoms with Crippen LogP contribution >= 0.6 is 0 Å². The van der Waals surface area contributed by atoms with Crippen molar-refractivity contribution in [1.29, 1.82) is 5.26 Å². The van der Waals surface area contributed by atoms with E-state index in [4.69, 9.17) is 5.26 Å². The van der Waals surface area contributed by atoms with Crippen LogP contribution in [0.25, 0.3) is 0 Å². The molecule has 0 aromatic heterocycles. The summed E-state index contributed by atoms with van der Waals surface area (Å²) in [6.45, 7) is 0.200. The molecule has 1 heterocycles. The van der Waals surface area contributed by atoms with Gasteiger partial charge in [0.1, 0.15) is 11.6 Å². The number of nitro groups is 1. The van der Waals surface area contributed by atoms with E-state index in [2.05, 4.69) is 0 Å². The number of nitro benzene ring substituents is 1. The van der Waals surface area contributed by atoms with Gasteiger partial charge in [-0.25, -0.2) is 0 Å². The lowest BCUT2D eigenvalue weighted by molar-refractivity contribution is -0.385. The Morgan fingerprint density at radius 1 is 1.38 bits per heavy atom. The Morgan fingerprint density at radius 3 is 2.57 bits per heavy atom. The first-order valence-corrected chi connectivity index (χ1v) is 6.02. The molecule has 0 atom stereocenters. The average Bonchev–Trinajstić information content (AvgIpc) is 2.45. The number of hydrogen-bond acceptors (Lipinski definition) is 4. The van der Waals surface area contributed by atoms with Crippen LogP contribution in [0.2, 0.25) is 0 Å². The lowest BCUT2D eigenvalue weighted by Crippen LogP contribution is -2.31. The first-order chi connectivity index (χ1) is 9.82. The van der Waals surface area contributed by atoms with Crippen molar-refractivity contribution in [3.05, 3.63) is 45.5 Å². The highest BCUT2D eigenvalue weighted by Gasteiger charge is 2.34. The van der Waals surface area contributed by atoms with Gasteiger partial charge in [-0.15, -0.1) is 0 Å². The summed E-state index contributed by atoms with van der Waals surface area (Å²) in [4.78, 5) is 11.7. The van der Waals surface area contributed by atoms with Crippen LogP contribution in [0.15, 0.2) is 29.8 Å². The largest absolute Gasteiger partial charge is 0.412 e. The van der Waals surface area contributed by atoms with E-state index in [1.165, 1.54) is 18.2 Å². The van der Waals surface area contributed by atoms with Gasteiger partial charge >= 0.3 is 6.18 Å². The quantitative estimate of drug-likeness (QED) is 0.477. The van der Waals surface area contributed by atoms with Crippen molar-refractivity contribution in [2.24, 2.45) is 0 Å². The maximum Gasteiger partial charge on any atom is 0.412 e. The van der Waals surface area contributed by atoms with Crippen molar-refractivity contribution in [1.82, 2.24) is 0 Å². The van der Waals surface area contributed by atoms with Gasteiger partial charge in [0, 0.05) is 30.4 Å². The predicted octanol–water partition coefficient (Wildman–Crippen LogP) is 3.17. The number of anilines is 1. The van der Waals surface area contributed by atoms with Crippen molar-refractivity contribution in [3.8, 4) is 6.07 Å². The molecule has 0 bridgehead atoms. The second kappa shape index (κ2) is 5.44. The third-order valence-electron chi connectivity index (χ3n) is 3.24. The second-order valence-electron chi connectivity index (χ2n) is 4.49. The van der Waals surface area contributed by atoms with Crippen LogP contribution in [0, 0.1) is 21.4 Å². The van der Waals surface area contributed by atoms with Gasteiger partial charge in [-0.05, 0) is 18.6 Å². The summed E-state index contributed by atoms with van der Waals surface area (Å²) in [5, 5.41) is 19.6. The molecule has 0 spiro atoms. The summed E-state index contributed by atoms with van der Waals surface area (Å²) in [5.74, 6) is 0. The van der Waals surface area contributed by atoms with Gasteiger partial charge in [0.15, 0.2) is 0 Å². The van der Waals surface area contributed by atoms with Crippen LogP contribution in [0.1, 0.15) is 12.0 Å². The summed E-state index contributed by atoms with van der Waals surface area (Å²) in [7, 11) is 0. The monoisotopic (exact) mass is 297 g/mol. The zero-order valence-electron chi connectivity index (χ0n) is 10.7. The summed E-state index contributed by atoms with van der Waals surface area (Å²) in [6, 6.07) is 5.68. The van der Waals surface area contributed by atoms with Crippen molar-refractivity contribution >= 4 is 11.4 Å². The molecule has 0 saturated carbocycles. The van der Waals surface area contributed by atoms with Crippen molar-refractivity contribution in [2.75, 3.05) is 18.0 Å². The van der Waals surface area contributed by atoms with Gasteiger partial charge < -0.3 is 4.90 Å². The van der Waals surface area contributed by atoms with Crippen molar-refractivity contribution in [3.63, 3.8) is 0 Å². The topological polar surface area (TPSA) is 70.2 Å². The molecule has 21 heavy (non-hydrogen) atoms. The highest BCUT2D eigenvalue weighted by Crippen LogP contribution is 2.32. The van der Waals surface area contributed by atoms with Crippen LogP contribution in [-0.4, -0.2) is 24.2 Å². The minimum atomic E-state index is -4.32. The van der Waals surface area contributed by atoms with Crippen LogP contribution < -0.4 is 4.90 Å². The molecule has 5 nitrogen and oxygen atoms in total. The molecule has 0 fully saturated rings. The molecular formula is C13H10F3N3O2. The molecule has 1 aromatic carbocycles. The summed E-state index contributed by atoms with van der Waals surface area (Å²) >= 11 is 0. The Bertz CT molecular complexity index is 647. The van der Waals surface area contributed by atoms with E-state index in [1.807, 2.05) is 0 Å². The Labute approximate surface area is 118 Å². The predicted molar refractivity (Wildman–Crippen MR) is 68.8 cm³/mol. The number of nitrogens with zero attached hydrogens (tertiary/aromatic N) is 3. The molecule has 1 aliphatic heterocycles. The minimum Gasteiger partial charge on any atom is -0.367 e. The third kappa shape index (κ3) is 3.13. The Morgan fingerprint density at radius 2 is 2.10 bits per heavy atom. The van der Waals surface area contributed by atoms with Crippen LogP contribution in [0.4, 0.5) is 24.5 Å². The molecule has 0 N–H and O–H groups in total. The molecule has 8 heteroatoms. The Hall–Kier alpha value is -2.56. The van der Waals surface area contributed by atoms with Crippen molar-refractivity contribution < 1.29 is 18.1 Å². The fraction of sp³-hybridized carbons (Fsp3) is 0.308. The molecule has 2 rings (SSSR count). The highest BCUT2D eigenvalue weighted by molar-refractivity contribution is 5.60. The molecule has 0 saturated heterocycles. The number of hydrogen-bond donors (Lipinski definition) is 0. The van der Waals surface area contributed by atoms with Crippen LogP contribution in [-0.2, 0) is 0 Å². The fourth-order valence-electron chi connectivity index (χ4n) is 2.13. The van der Waals surface area contributed by atoms with Gasteiger partial charge in [-0.1, -0.05) is 6.08 Å². The van der Waals surface area contributed by atoms with E-state index in [9.17, 15) is 23.3 Å².